The van der Waals surface area contributed by atoms with Crippen molar-refractivity contribution in [2.24, 2.45) is 0 Å². The maximum atomic E-state index is 2.57. The van der Waals surface area contributed by atoms with Crippen LogP contribution in [0.1, 0.15) is 0 Å². The van der Waals surface area contributed by atoms with Gasteiger partial charge in [-0.25, -0.2) is 0 Å². The van der Waals surface area contributed by atoms with E-state index in [1.165, 1.54) is 80.3 Å². The van der Waals surface area contributed by atoms with Gasteiger partial charge < -0.3 is 9.13 Å². The van der Waals surface area contributed by atoms with E-state index in [9.17, 15) is 0 Å². The van der Waals surface area contributed by atoms with Crippen molar-refractivity contribution in [1.29, 1.82) is 0 Å². The minimum atomic E-state index is -2.05. The van der Waals surface area contributed by atoms with Crippen LogP contribution in [0.5, 0.6) is 0 Å². The fourth-order valence-electron chi connectivity index (χ4n) is 13.9. The predicted octanol–water partition coefficient (Wildman–Crippen LogP) is 23.9. The maximum absolute atomic E-state index is 2.57. The second kappa shape index (κ2) is 22.8. The lowest BCUT2D eigenvalue weighted by Crippen LogP contribution is -2.05. The largest absolute Gasteiger partial charge is 0.309 e. The number of hydrogen-bond acceptors (Lipinski definition) is 0. The average molecular weight is 1200 g/mol. The van der Waals surface area contributed by atoms with Gasteiger partial charge in [-0.2, -0.15) is 0 Å². The SMILES string of the molecule is c1ccc(-n2c3ccc(-n4c5ccc(S(c6ccccc6)(c6ccccc6)c6ccccc6)cc5c5cc(S(c6ccccc6)(c6ccccc6)c6ccccc6)ccc54)cc3c3cc(S(c4ccccc4)(c4ccccc4)c4ccccc4)ccc32)cc1. The first-order valence-electron chi connectivity index (χ1n) is 30.4. The third-order valence-electron chi connectivity index (χ3n) is 17.6. The molecule has 14 aromatic carbocycles. The lowest BCUT2D eigenvalue weighted by atomic mass is 10.1. The van der Waals surface area contributed by atoms with E-state index in [0.717, 1.165) is 33.4 Å². The van der Waals surface area contributed by atoms with Gasteiger partial charge in [-0.3, -0.25) is 0 Å². The Bertz CT molecular complexity index is 4670. The molecule has 2 heterocycles. The van der Waals surface area contributed by atoms with Gasteiger partial charge in [-0.15, -0.1) is 30.1 Å². The Morgan fingerprint density at radius 2 is 0.337 bits per heavy atom. The van der Waals surface area contributed by atoms with Gasteiger partial charge in [0.05, 0.1) is 22.1 Å². The molecule has 2 aromatic heterocycles. The quantitative estimate of drug-likeness (QED) is 0.103. The lowest BCUT2D eigenvalue weighted by Gasteiger charge is -2.42. The molecule has 16 rings (SSSR count). The van der Waals surface area contributed by atoms with Crippen molar-refractivity contribution >= 4 is 73.7 Å². The minimum Gasteiger partial charge on any atom is -0.309 e. The van der Waals surface area contributed by atoms with Crippen LogP contribution in [0.4, 0.5) is 0 Å². The van der Waals surface area contributed by atoms with E-state index in [4.69, 9.17) is 0 Å². The van der Waals surface area contributed by atoms with Gasteiger partial charge in [0.15, 0.2) is 0 Å². The second-order valence-corrected chi connectivity index (χ2v) is 31.7. The fraction of sp³-hybridized carbons (Fsp3) is 0. The molecular weight excluding hydrogens is 1130 g/mol. The molecule has 0 aliphatic carbocycles. The normalized spacial score (nSPS) is 12.6. The van der Waals surface area contributed by atoms with Gasteiger partial charge >= 0.3 is 0 Å². The number of benzene rings is 14. The van der Waals surface area contributed by atoms with Crippen LogP contribution in [0.25, 0.3) is 55.0 Å². The van der Waals surface area contributed by atoms with Crippen LogP contribution in [-0.4, -0.2) is 9.13 Å². The number of nitrogens with zero attached hydrogens (tertiary/aromatic N) is 2. The van der Waals surface area contributed by atoms with Crippen molar-refractivity contribution in [2.75, 3.05) is 0 Å². The van der Waals surface area contributed by atoms with E-state index < -0.39 is 30.1 Å². The highest BCUT2D eigenvalue weighted by Gasteiger charge is 2.37. The number of para-hydroxylation sites is 1. The molecule has 0 saturated carbocycles. The molecule has 0 spiro atoms. The molecule has 0 amide bonds. The van der Waals surface area contributed by atoms with Gasteiger partial charge in [0.2, 0.25) is 0 Å². The molecule has 0 saturated heterocycles. The Balaban J connectivity index is 1.02. The highest BCUT2D eigenvalue weighted by Crippen LogP contribution is 2.76. The Morgan fingerprint density at radius 1 is 0.146 bits per heavy atom. The average Bonchev–Trinajstić information content (AvgIpc) is 1.71. The third kappa shape index (κ3) is 8.75. The maximum Gasteiger partial charge on any atom is 0.0542 e. The van der Waals surface area contributed by atoms with Crippen molar-refractivity contribution in [1.82, 2.24) is 9.13 Å². The summed E-state index contributed by atoms with van der Waals surface area (Å²) in [6.45, 7) is 0. The zero-order valence-corrected chi connectivity index (χ0v) is 51.4. The molecule has 5 heteroatoms. The van der Waals surface area contributed by atoms with Gasteiger partial charge in [-0.1, -0.05) is 182 Å². The molecule has 89 heavy (non-hydrogen) atoms. The second-order valence-electron chi connectivity index (χ2n) is 22.4. The summed E-state index contributed by atoms with van der Waals surface area (Å²) in [5, 5.41) is 4.81. The van der Waals surface area contributed by atoms with E-state index >= 15 is 0 Å². The smallest absolute Gasteiger partial charge is 0.0542 e. The molecular formula is C84H62N2S3. The van der Waals surface area contributed by atoms with Gasteiger partial charge in [0, 0.05) is 91.7 Å². The van der Waals surface area contributed by atoms with E-state index in [-0.39, 0.29) is 0 Å². The van der Waals surface area contributed by atoms with Crippen LogP contribution in [0.3, 0.4) is 0 Å². The van der Waals surface area contributed by atoms with Crippen LogP contribution in [0.2, 0.25) is 0 Å². The summed E-state index contributed by atoms with van der Waals surface area (Å²) in [7, 11) is -6.11. The summed E-state index contributed by atoms with van der Waals surface area (Å²) in [4.78, 5) is 15.5. The van der Waals surface area contributed by atoms with E-state index in [2.05, 4.69) is 385 Å². The zero-order valence-electron chi connectivity index (χ0n) is 48.9. The summed E-state index contributed by atoms with van der Waals surface area (Å²) in [5.74, 6) is 0. The zero-order chi connectivity index (χ0) is 59.2. The highest BCUT2D eigenvalue weighted by molar-refractivity contribution is 8.34. The number of fused-ring (bicyclic) bond motifs is 6. The first-order valence-corrected chi connectivity index (χ1v) is 35.2. The number of hydrogen-bond donors (Lipinski definition) is 0. The van der Waals surface area contributed by atoms with Crippen molar-refractivity contribution in [3.8, 4) is 11.4 Å². The molecule has 0 fully saturated rings. The molecule has 16 aromatic rings. The Labute approximate surface area is 525 Å². The van der Waals surface area contributed by atoms with Crippen LogP contribution in [0.15, 0.2) is 435 Å². The third-order valence-corrected chi connectivity index (χ3v) is 29.3. The summed E-state index contributed by atoms with van der Waals surface area (Å²) in [6.07, 6.45) is 0. The molecule has 0 radical (unpaired) electrons. The van der Waals surface area contributed by atoms with Crippen LogP contribution in [-0.2, 0) is 0 Å². The Hall–Kier alpha value is -10.3. The minimum absolute atomic E-state index is 1.10. The predicted molar refractivity (Wildman–Crippen MR) is 375 cm³/mol. The van der Waals surface area contributed by atoms with E-state index in [0.29, 0.717) is 0 Å². The van der Waals surface area contributed by atoms with Gasteiger partial charge in [0.1, 0.15) is 0 Å². The van der Waals surface area contributed by atoms with Gasteiger partial charge in [-0.05, 0) is 194 Å². The van der Waals surface area contributed by atoms with Crippen molar-refractivity contribution < 1.29 is 0 Å². The Morgan fingerprint density at radius 3 is 0.573 bits per heavy atom. The van der Waals surface area contributed by atoms with Crippen LogP contribution in [0, 0.1) is 0 Å². The first-order chi connectivity index (χ1) is 44.2. The van der Waals surface area contributed by atoms with Crippen LogP contribution >= 0.6 is 30.1 Å². The summed E-state index contributed by atoms with van der Waals surface area (Å²) in [6, 6.07) is 141. The van der Waals surface area contributed by atoms with Crippen LogP contribution < -0.4 is 0 Å². The fourth-order valence-corrected chi connectivity index (χ4v) is 25.6. The van der Waals surface area contributed by atoms with Crippen molar-refractivity contribution in [2.45, 2.75) is 58.7 Å². The molecule has 0 N–H and O–H groups in total. The standard InChI is InChI=1S/C84H62N2S3/c1-11-31-63(32-12-1)85-81-55-51-64(59-77(81)78-60-74(52-56-82(78)85)87(65-33-13-2-14-34-65,66-35-15-3-16-36-66)67-37-17-4-18-38-67)86-83-57-53-75(88(68-39-19-5-20-40-68,69-41-21-6-22-42-69)70-43-23-7-24-44-70)61-79(83)80-62-76(54-58-84(80)86)89(71-45-25-8-26-46-71,72-47-27-9-28-48-72)73-49-29-10-30-50-73/h1-62H. The van der Waals surface area contributed by atoms with Crippen molar-refractivity contribution in [3.05, 3.63) is 376 Å². The first kappa shape index (κ1) is 54.1. The Kier molecular flexibility index (Phi) is 13.9. The lowest BCUT2D eigenvalue weighted by molar-refractivity contribution is 1.16. The topological polar surface area (TPSA) is 9.86 Å². The molecule has 0 bridgehead atoms. The molecule has 426 valence electrons. The summed E-state index contributed by atoms with van der Waals surface area (Å²) >= 11 is 0. The highest BCUT2D eigenvalue weighted by atomic mass is 32.3. The summed E-state index contributed by atoms with van der Waals surface area (Å²) in [5.41, 5.74) is 6.84. The molecule has 0 unspecified atom stereocenters. The molecule has 0 atom stereocenters. The summed E-state index contributed by atoms with van der Waals surface area (Å²) < 4.78 is 5.02. The number of aromatic nitrogens is 2. The van der Waals surface area contributed by atoms with E-state index in [1.54, 1.807) is 0 Å². The van der Waals surface area contributed by atoms with Gasteiger partial charge in [0.25, 0.3) is 0 Å². The van der Waals surface area contributed by atoms with E-state index in [1.807, 2.05) is 0 Å². The molecule has 0 aliphatic heterocycles. The molecule has 0 aliphatic rings. The molecule has 2 nitrogen and oxygen atoms in total. The number of rotatable bonds is 14. The monoisotopic (exact) mass is 1190 g/mol. The van der Waals surface area contributed by atoms with Crippen molar-refractivity contribution in [3.63, 3.8) is 0 Å².